The molecule has 0 bridgehead atoms. The summed E-state index contributed by atoms with van der Waals surface area (Å²) in [5.41, 5.74) is 0. The van der Waals surface area contributed by atoms with Gasteiger partial charge >= 0.3 is 26.2 Å². The molecular weight excluding hydrogens is 537 g/mol. The van der Waals surface area contributed by atoms with Crippen molar-refractivity contribution < 1.29 is 5.11 Å². The van der Waals surface area contributed by atoms with Crippen molar-refractivity contribution in [2.75, 3.05) is 0 Å². The Balaban J connectivity index is 0.000001000. The van der Waals surface area contributed by atoms with E-state index in [0.717, 1.165) is 8.95 Å². The number of phenolic OH excluding ortho intramolecular Hbond substituents is 1. The van der Waals surface area contributed by atoms with E-state index in [1.807, 2.05) is 0 Å². The standard InChI is InChI=1S/C6H3Br3O.Bi.3H/c7-3-1-2-4(10)6(9)5(3)8;;;;/h1-2,10H;;;;. The molecule has 1 nitrogen and oxygen atoms in total. The van der Waals surface area contributed by atoms with E-state index < -0.39 is 0 Å². The van der Waals surface area contributed by atoms with E-state index >= 15 is 0 Å². The molecule has 0 heterocycles. The molecule has 0 radical (unpaired) electrons. The second-order valence-corrected chi connectivity index (χ2v) is 4.13. The third-order valence-corrected chi connectivity index (χ3v) is 4.37. The van der Waals surface area contributed by atoms with Gasteiger partial charge in [-0.05, 0) is 59.9 Å². The summed E-state index contributed by atoms with van der Waals surface area (Å²) in [5, 5.41) is 9.13. The van der Waals surface area contributed by atoms with E-state index in [2.05, 4.69) is 47.8 Å². The number of aromatic hydroxyl groups is 1. The molecule has 1 aromatic carbocycles. The van der Waals surface area contributed by atoms with Crippen molar-refractivity contribution in [3.05, 3.63) is 25.6 Å². The monoisotopic (exact) mass is 540 g/mol. The SMILES string of the molecule is Oc1ccc(Br)c(Br)c1Br.[BiH3]. The molecule has 0 atom stereocenters. The van der Waals surface area contributed by atoms with Gasteiger partial charge in [0, 0.05) is 8.95 Å². The molecule has 62 valence electrons. The number of rotatable bonds is 0. The second kappa shape index (κ2) is 5.15. The van der Waals surface area contributed by atoms with Gasteiger partial charge in [0.15, 0.2) is 0 Å². The maximum atomic E-state index is 9.13. The summed E-state index contributed by atoms with van der Waals surface area (Å²) in [7, 11) is 0. The Bertz CT molecular complexity index is 237. The van der Waals surface area contributed by atoms with Crippen molar-refractivity contribution in [2.24, 2.45) is 0 Å². The van der Waals surface area contributed by atoms with E-state index in [0.29, 0.717) is 4.47 Å². The molecule has 0 amide bonds. The number of hydrogen-bond donors (Lipinski definition) is 1. The average molecular weight is 543 g/mol. The number of phenols is 1. The molecule has 1 rings (SSSR count). The number of benzene rings is 1. The minimum atomic E-state index is 0. The fraction of sp³-hybridized carbons (Fsp3) is 0. The van der Waals surface area contributed by atoms with Gasteiger partial charge in [0.25, 0.3) is 0 Å². The van der Waals surface area contributed by atoms with Gasteiger partial charge in [0.2, 0.25) is 0 Å². The predicted molar refractivity (Wildman–Crippen MR) is 61.1 cm³/mol. The van der Waals surface area contributed by atoms with Gasteiger partial charge in [-0.3, -0.25) is 0 Å². The van der Waals surface area contributed by atoms with Crippen molar-refractivity contribution in [3.8, 4) is 5.75 Å². The Kier molecular flexibility index (Phi) is 5.78. The van der Waals surface area contributed by atoms with Crippen molar-refractivity contribution in [3.63, 3.8) is 0 Å². The molecule has 11 heavy (non-hydrogen) atoms. The van der Waals surface area contributed by atoms with Crippen LogP contribution in [0.4, 0.5) is 0 Å². The van der Waals surface area contributed by atoms with Gasteiger partial charge in [0.1, 0.15) is 5.75 Å². The van der Waals surface area contributed by atoms with Crippen LogP contribution < -0.4 is 0 Å². The van der Waals surface area contributed by atoms with Crippen molar-refractivity contribution in [1.29, 1.82) is 0 Å². The van der Waals surface area contributed by atoms with Crippen LogP contribution in [0, 0.1) is 0 Å². The van der Waals surface area contributed by atoms with Gasteiger partial charge in [-0.1, -0.05) is 0 Å². The molecule has 1 aromatic rings. The maximum absolute atomic E-state index is 9.13. The molecule has 0 aliphatic carbocycles. The van der Waals surface area contributed by atoms with Crippen LogP contribution >= 0.6 is 47.8 Å². The molecular formula is C6H6BiBr3O. The van der Waals surface area contributed by atoms with Crippen LogP contribution in [-0.4, -0.2) is 31.3 Å². The average Bonchev–Trinajstić information content (AvgIpc) is 1.93. The van der Waals surface area contributed by atoms with Gasteiger partial charge in [0.05, 0.1) is 4.47 Å². The third-order valence-electron chi connectivity index (χ3n) is 1.01. The summed E-state index contributed by atoms with van der Waals surface area (Å²) in [4.78, 5) is 0. The minimum absolute atomic E-state index is 0. The molecule has 0 aliphatic rings. The van der Waals surface area contributed by atoms with Gasteiger partial charge < -0.3 is 5.11 Å². The Morgan fingerprint density at radius 2 is 1.55 bits per heavy atom. The molecule has 0 saturated heterocycles. The Labute approximate surface area is 109 Å². The summed E-state index contributed by atoms with van der Waals surface area (Å²) >= 11 is 9.77. The second-order valence-electron chi connectivity index (χ2n) is 1.69. The first kappa shape index (κ1) is 12.3. The van der Waals surface area contributed by atoms with E-state index in [4.69, 9.17) is 5.11 Å². The molecule has 0 unspecified atom stereocenters. The summed E-state index contributed by atoms with van der Waals surface area (Å²) in [6.45, 7) is 0. The first-order chi connectivity index (χ1) is 4.63. The molecule has 0 aliphatic heterocycles. The number of hydrogen-bond acceptors (Lipinski definition) is 1. The zero-order valence-electron chi connectivity index (χ0n) is 5.44. The fourth-order valence-corrected chi connectivity index (χ4v) is 1.79. The van der Waals surface area contributed by atoms with Crippen LogP contribution in [0.3, 0.4) is 0 Å². The van der Waals surface area contributed by atoms with E-state index in [-0.39, 0.29) is 32.0 Å². The molecule has 5 heteroatoms. The molecule has 0 saturated carbocycles. The summed E-state index contributed by atoms with van der Waals surface area (Å²) in [5.74, 6) is 0.232. The Hall–Kier alpha value is 1.34. The zero-order valence-corrected chi connectivity index (χ0v) is 15.7. The van der Waals surface area contributed by atoms with Crippen LogP contribution in [-0.2, 0) is 0 Å². The van der Waals surface area contributed by atoms with Crippen LogP contribution in [0.25, 0.3) is 0 Å². The molecule has 0 fully saturated rings. The van der Waals surface area contributed by atoms with Crippen molar-refractivity contribution in [1.82, 2.24) is 0 Å². The molecule has 0 aromatic heterocycles. The quantitative estimate of drug-likeness (QED) is 0.395. The summed E-state index contributed by atoms with van der Waals surface area (Å²) in [6.07, 6.45) is 0. The Morgan fingerprint density at radius 3 is 2.00 bits per heavy atom. The van der Waals surface area contributed by atoms with Crippen LogP contribution in [0.5, 0.6) is 5.75 Å². The van der Waals surface area contributed by atoms with Crippen molar-refractivity contribution in [2.45, 2.75) is 0 Å². The zero-order chi connectivity index (χ0) is 7.72. The summed E-state index contributed by atoms with van der Waals surface area (Å²) in [6, 6.07) is 3.38. The van der Waals surface area contributed by atoms with Crippen LogP contribution in [0.1, 0.15) is 0 Å². The third kappa shape index (κ3) is 2.94. The molecule has 0 spiro atoms. The van der Waals surface area contributed by atoms with E-state index in [1.165, 1.54) is 0 Å². The van der Waals surface area contributed by atoms with Gasteiger partial charge in [-0.25, -0.2) is 0 Å². The number of halogens is 3. The first-order valence-corrected chi connectivity index (χ1v) is 4.83. The van der Waals surface area contributed by atoms with Gasteiger partial charge in [-0.2, -0.15) is 0 Å². The van der Waals surface area contributed by atoms with E-state index in [1.54, 1.807) is 12.1 Å². The first-order valence-electron chi connectivity index (χ1n) is 2.45. The van der Waals surface area contributed by atoms with Crippen LogP contribution in [0.15, 0.2) is 25.6 Å². The topological polar surface area (TPSA) is 20.2 Å². The normalized spacial score (nSPS) is 9.00. The molecule has 1 N–H and O–H groups in total. The van der Waals surface area contributed by atoms with Gasteiger partial charge in [-0.15, -0.1) is 0 Å². The van der Waals surface area contributed by atoms with Crippen LogP contribution in [0.2, 0.25) is 0 Å². The van der Waals surface area contributed by atoms with Crippen molar-refractivity contribution >= 4 is 74.0 Å². The predicted octanol–water partition coefficient (Wildman–Crippen LogP) is 2.50. The summed E-state index contributed by atoms with van der Waals surface area (Å²) < 4.78 is 2.41. The Morgan fingerprint density at radius 1 is 1.00 bits per heavy atom. The fourth-order valence-electron chi connectivity index (χ4n) is 0.516. The van der Waals surface area contributed by atoms with E-state index in [9.17, 15) is 0 Å².